The third-order valence-electron chi connectivity index (χ3n) is 7.62. The van der Waals surface area contributed by atoms with Crippen LogP contribution in [0.5, 0.6) is 5.75 Å². The number of pyridine rings is 1. The Morgan fingerprint density at radius 3 is 2.51 bits per heavy atom. The topological polar surface area (TPSA) is 92.7 Å². The maximum absolute atomic E-state index is 13.2. The zero-order chi connectivity index (χ0) is 24.4. The third-order valence-corrected chi connectivity index (χ3v) is 7.62. The second-order valence-electron chi connectivity index (χ2n) is 10.1. The molecule has 2 fully saturated rings. The fraction of sp³-hybridized carbons (Fsp3) is 0.519. The molecule has 35 heavy (non-hydrogen) atoms. The van der Waals surface area contributed by atoms with E-state index in [-0.39, 0.29) is 41.8 Å². The molecule has 2 atom stereocenters. The Hall–Kier alpha value is -3.29. The summed E-state index contributed by atoms with van der Waals surface area (Å²) in [4.78, 5) is 40.7. The normalized spacial score (nSPS) is 21.7. The zero-order valence-corrected chi connectivity index (χ0v) is 20.3. The Balaban J connectivity index is 1.25. The van der Waals surface area contributed by atoms with Gasteiger partial charge in [-0.2, -0.15) is 0 Å². The van der Waals surface area contributed by atoms with Crippen molar-refractivity contribution in [3.05, 3.63) is 58.0 Å². The molecule has 5 rings (SSSR count). The fourth-order valence-corrected chi connectivity index (χ4v) is 5.84. The van der Waals surface area contributed by atoms with E-state index in [1.165, 1.54) is 19.3 Å². The number of urea groups is 1. The Labute approximate surface area is 205 Å². The molecule has 186 valence electrons. The van der Waals surface area contributed by atoms with E-state index in [1.807, 2.05) is 35.2 Å². The minimum absolute atomic E-state index is 0.0322. The molecule has 8 heteroatoms. The van der Waals surface area contributed by atoms with E-state index in [0.717, 1.165) is 36.3 Å². The quantitative estimate of drug-likeness (QED) is 0.688. The maximum Gasteiger partial charge on any atom is 0.317 e. The van der Waals surface area contributed by atoms with Gasteiger partial charge in [0.1, 0.15) is 11.4 Å². The molecule has 2 N–H and O–H groups in total. The predicted octanol–water partition coefficient (Wildman–Crippen LogP) is 3.50. The van der Waals surface area contributed by atoms with Gasteiger partial charge >= 0.3 is 6.03 Å². The molecule has 0 spiro atoms. The molecule has 1 aromatic heterocycles. The number of likely N-dealkylation sites (tertiary alicyclic amines) is 1. The number of carbonyl (C=O) groups excluding carboxylic acids is 2. The van der Waals surface area contributed by atoms with Crippen LogP contribution in [0, 0.1) is 5.92 Å². The Kier molecular flexibility index (Phi) is 6.79. The first kappa shape index (κ1) is 23.5. The molecule has 0 radical (unpaired) electrons. The first-order valence-corrected chi connectivity index (χ1v) is 12.7. The average molecular weight is 479 g/mol. The summed E-state index contributed by atoms with van der Waals surface area (Å²) in [5.74, 6) is 0.879. The van der Waals surface area contributed by atoms with Crippen LogP contribution in [-0.4, -0.2) is 47.6 Å². The van der Waals surface area contributed by atoms with Crippen LogP contribution in [0.2, 0.25) is 0 Å². The van der Waals surface area contributed by atoms with Crippen LogP contribution in [0.15, 0.2) is 41.2 Å². The fourth-order valence-electron chi connectivity index (χ4n) is 5.84. The lowest BCUT2D eigenvalue weighted by Gasteiger charge is -2.43. The lowest BCUT2D eigenvalue weighted by atomic mass is 9.83. The summed E-state index contributed by atoms with van der Waals surface area (Å²) >= 11 is 0. The van der Waals surface area contributed by atoms with Crippen molar-refractivity contribution >= 4 is 17.6 Å². The molecular weight excluding hydrogens is 444 g/mol. The van der Waals surface area contributed by atoms with E-state index in [4.69, 9.17) is 4.74 Å². The summed E-state index contributed by atoms with van der Waals surface area (Å²) < 4.78 is 6.96. The van der Waals surface area contributed by atoms with Crippen molar-refractivity contribution in [3.8, 4) is 5.75 Å². The highest BCUT2D eigenvalue weighted by atomic mass is 16.5. The van der Waals surface area contributed by atoms with Gasteiger partial charge in [0.2, 0.25) is 5.91 Å². The predicted molar refractivity (Wildman–Crippen MR) is 134 cm³/mol. The van der Waals surface area contributed by atoms with Crippen LogP contribution in [0.4, 0.5) is 10.5 Å². The molecule has 2 bridgehead atoms. The largest absolute Gasteiger partial charge is 0.497 e. The molecule has 0 unspecified atom stereocenters. The highest BCUT2D eigenvalue weighted by molar-refractivity contribution is 5.92. The van der Waals surface area contributed by atoms with Gasteiger partial charge in [0.15, 0.2) is 0 Å². The smallest absolute Gasteiger partial charge is 0.317 e. The molecule has 1 aromatic carbocycles. The van der Waals surface area contributed by atoms with E-state index < -0.39 is 0 Å². The molecule has 3 aliphatic rings. The van der Waals surface area contributed by atoms with Crippen LogP contribution in [0.3, 0.4) is 0 Å². The van der Waals surface area contributed by atoms with Gasteiger partial charge in [-0.05, 0) is 55.0 Å². The summed E-state index contributed by atoms with van der Waals surface area (Å²) in [5.41, 5.74) is 1.94. The highest BCUT2D eigenvalue weighted by Crippen LogP contribution is 2.35. The number of benzene rings is 1. The number of nitrogens with zero attached hydrogens (tertiary/aromatic N) is 2. The first-order valence-electron chi connectivity index (χ1n) is 12.7. The number of anilines is 1. The highest BCUT2D eigenvalue weighted by Gasteiger charge is 2.37. The number of aromatic nitrogens is 1. The van der Waals surface area contributed by atoms with Crippen LogP contribution in [0.25, 0.3) is 0 Å². The van der Waals surface area contributed by atoms with Crippen LogP contribution in [0.1, 0.15) is 55.7 Å². The second-order valence-corrected chi connectivity index (χ2v) is 10.1. The number of rotatable bonds is 5. The third kappa shape index (κ3) is 5.21. The van der Waals surface area contributed by atoms with Gasteiger partial charge in [0.05, 0.1) is 13.5 Å². The average Bonchev–Trinajstić information content (AvgIpc) is 2.87. The van der Waals surface area contributed by atoms with Gasteiger partial charge < -0.3 is 24.8 Å². The number of nitrogens with one attached hydrogen (secondary N) is 2. The van der Waals surface area contributed by atoms with E-state index in [2.05, 4.69) is 10.6 Å². The summed E-state index contributed by atoms with van der Waals surface area (Å²) in [6, 6.07) is 11.3. The molecule has 3 amide bonds. The lowest BCUT2D eigenvalue weighted by Crippen LogP contribution is -2.53. The summed E-state index contributed by atoms with van der Waals surface area (Å²) in [7, 11) is 1.60. The number of hydrogen-bond donors (Lipinski definition) is 2. The second kappa shape index (κ2) is 10.1. The van der Waals surface area contributed by atoms with Gasteiger partial charge in [0, 0.05) is 37.3 Å². The van der Waals surface area contributed by atoms with Crippen molar-refractivity contribution in [2.45, 2.75) is 63.5 Å². The number of hydrogen-bond acceptors (Lipinski definition) is 4. The molecule has 1 saturated heterocycles. The number of carbonyl (C=O) groups is 2. The number of amides is 3. The van der Waals surface area contributed by atoms with Gasteiger partial charge in [-0.25, -0.2) is 4.79 Å². The molecule has 1 saturated carbocycles. The van der Waals surface area contributed by atoms with Gasteiger partial charge in [0.25, 0.3) is 5.56 Å². The minimum atomic E-state index is -0.227. The van der Waals surface area contributed by atoms with Crippen molar-refractivity contribution in [2.24, 2.45) is 5.92 Å². The molecular formula is C27H34N4O4. The first-order chi connectivity index (χ1) is 17.0. The summed E-state index contributed by atoms with van der Waals surface area (Å²) in [6.45, 7) is 1.85. The molecule has 8 nitrogen and oxygen atoms in total. The van der Waals surface area contributed by atoms with Gasteiger partial charge in [-0.1, -0.05) is 31.4 Å². The van der Waals surface area contributed by atoms with Crippen LogP contribution < -0.4 is 20.9 Å². The Morgan fingerprint density at radius 1 is 1.00 bits per heavy atom. The van der Waals surface area contributed by atoms with E-state index in [9.17, 15) is 14.4 Å². The standard InChI is InChI=1S/C27H34N4O4/c1-35-22-9-7-18(8-10-22)14-25(32)29-23-11-12-24-20-13-19(16-31(24)26(23)33)15-30(17-20)27(34)28-21-5-3-2-4-6-21/h7-12,19-21H,2-6,13-17H2,1H3,(H,28,34)(H,29,32)/t19-,20+/m0/s1. The van der Waals surface area contributed by atoms with Crippen molar-refractivity contribution in [2.75, 3.05) is 25.5 Å². The van der Waals surface area contributed by atoms with Crippen molar-refractivity contribution in [1.29, 1.82) is 0 Å². The van der Waals surface area contributed by atoms with Crippen LogP contribution in [-0.2, 0) is 17.8 Å². The van der Waals surface area contributed by atoms with Crippen molar-refractivity contribution < 1.29 is 14.3 Å². The summed E-state index contributed by atoms with van der Waals surface area (Å²) in [5, 5.41) is 6.03. The Morgan fingerprint density at radius 2 is 1.77 bits per heavy atom. The van der Waals surface area contributed by atoms with Crippen molar-refractivity contribution in [1.82, 2.24) is 14.8 Å². The molecule has 2 aromatic rings. The van der Waals surface area contributed by atoms with Gasteiger partial charge in [-0.3, -0.25) is 9.59 Å². The van der Waals surface area contributed by atoms with E-state index in [0.29, 0.717) is 25.3 Å². The van der Waals surface area contributed by atoms with E-state index in [1.54, 1.807) is 17.7 Å². The molecule has 3 heterocycles. The number of fused-ring (bicyclic) bond motifs is 4. The molecule has 2 aliphatic heterocycles. The Bertz CT molecular complexity index is 1140. The lowest BCUT2D eigenvalue weighted by molar-refractivity contribution is -0.115. The number of ether oxygens (including phenoxy) is 1. The van der Waals surface area contributed by atoms with Crippen molar-refractivity contribution in [3.63, 3.8) is 0 Å². The molecule has 1 aliphatic carbocycles. The number of methoxy groups -OCH3 is 1. The van der Waals surface area contributed by atoms with E-state index >= 15 is 0 Å². The minimum Gasteiger partial charge on any atom is -0.497 e. The zero-order valence-electron chi connectivity index (χ0n) is 20.3. The number of piperidine rings is 1. The van der Waals surface area contributed by atoms with Crippen LogP contribution >= 0.6 is 0 Å². The van der Waals surface area contributed by atoms with Gasteiger partial charge in [-0.15, -0.1) is 0 Å². The maximum atomic E-state index is 13.2. The monoisotopic (exact) mass is 478 g/mol. The SMILES string of the molecule is COc1ccc(CC(=O)Nc2ccc3n(c2=O)C[C@H]2C[C@@H]3CN(C(=O)NC3CCCCC3)C2)cc1. The summed E-state index contributed by atoms with van der Waals surface area (Å²) in [6.07, 6.45) is 6.93.